The van der Waals surface area contributed by atoms with Crippen LogP contribution in [0.5, 0.6) is 0 Å². The third-order valence-corrected chi connectivity index (χ3v) is 5.79. The highest BCUT2D eigenvalue weighted by atomic mass is 28.4. The van der Waals surface area contributed by atoms with E-state index in [1.165, 1.54) is 0 Å². The Labute approximate surface area is 135 Å². The number of carbonyl (C=O) groups excluding carboxylic acids is 1. The first-order valence-corrected chi connectivity index (χ1v) is 9.58. The van der Waals surface area contributed by atoms with Crippen LogP contribution >= 0.6 is 0 Å². The Bertz CT molecular complexity index is 291. The van der Waals surface area contributed by atoms with Gasteiger partial charge in [0, 0.05) is 32.0 Å². The van der Waals surface area contributed by atoms with Gasteiger partial charge in [-0.3, -0.25) is 0 Å². The van der Waals surface area contributed by atoms with Gasteiger partial charge in [0.25, 0.3) is 0 Å². The molecule has 0 spiro atoms. The number of hydrogen-bond donors (Lipinski definition) is 1. The first-order chi connectivity index (χ1) is 10.4. The second-order valence-electron chi connectivity index (χ2n) is 4.30. The molecule has 0 saturated carbocycles. The average molecular weight is 337 g/mol. The Kier molecular flexibility index (Phi) is 14.9. The fraction of sp³-hybridized carbons (Fsp3) is 0.800. The summed E-state index contributed by atoms with van der Waals surface area (Å²) in [5.74, 6) is -0.442. The topological polar surface area (TPSA) is 74.2 Å². The second-order valence-corrected chi connectivity index (χ2v) is 7.02. The van der Waals surface area contributed by atoms with Crippen molar-refractivity contribution in [3.8, 4) is 0 Å². The van der Waals surface area contributed by atoms with Crippen molar-refractivity contribution in [2.45, 2.75) is 53.7 Å². The molecule has 0 aliphatic rings. The largest absolute Gasteiger partial charge is 0.544 e. The Balaban J connectivity index is 0. The molecular weight excluding hydrogens is 304 g/mol. The summed E-state index contributed by atoms with van der Waals surface area (Å²) in [4.78, 5) is 11.7. The van der Waals surface area contributed by atoms with E-state index in [9.17, 15) is 4.79 Å². The summed E-state index contributed by atoms with van der Waals surface area (Å²) < 4.78 is 22.6. The smallest absolute Gasteiger partial charge is 0.454 e. The molecule has 0 aliphatic carbocycles. The van der Waals surface area contributed by atoms with E-state index in [0.717, 1.165) is 0 Å². The summed E-state index contributed by atoms with van der Waals surface area (Å²) in [6.07, 6.45) is 0.575. The van der Waals surface area contributed by atoms with Crippen molar-refractivity contribution in [1.82, 2.24) is 0 Å². The summed E-state index contributed by atoms with van der Waals surface area (Å²) in [6, 6.07) is 0. The Hall–Kier alpha value is -0.733. The van der Waals surface area contributed by atoms with Crippen molar-refractivity contribution in [3.63, 3.8) is 0 Å². The third kappa shape index (κ3) is 8.65. The zero-order chi connectivity index (χ0) is 17.6. The van der Waals surface area contributed by atoms with Crippen molar-refractivity contribution >= 4 is 14.8 Å². The molecule has 0 radical (unpaired) electrons. The molecule has 0 rings (SSSR count). The van der Waals surface area contributed by atoms with Gasteiger partial charge in [-0.2, -0.15) is 0 Å². The Morgan fingerprint density at radius 1 is 1.05 bits per heavy atom. The van der Waals surface area contributed by atoms with E-state index in [2.05, 4.69) is 6.58 Å². The van der Waals surface area contributed by atoms with Crippen molar-refractivity contribution < 1.29 is 27.9 Å². The summed E-state index contributed by atoms with van der Waals surface area (Å²) in [5, 5.41) is 7.57. The monoisotopic (exact) mass is 336 g/mol. The lowest BCUT2D eigenvalue weighted by Gasteiger charge is -2.34. The highest BCUT2D eigenvalue weighted by Crippen LogP contribution is 2.21. The number of aliphatic hydroxyl groups excluding tert-OH is 1. The van der Waals surface area contributed by atoms with Crippen LogP contribution in [0.15, 0.2) is 12.2 Å². The minimum atomic E-state index is -3.02. The van der Waals surface area contributed by atoms with E-state index in [-0.39, 0.29) is 6.61 Å². The molecule has 0 saturated heterocycles. The van der Waals surface area contributed by atoms with Gasteiger partial charge in [0.2, 0.25) is 0 Å². The average Bonchev–Trinajstić information content (AvgIpc) is 2.45. The molecule has 0 bridgehead atoms. The number of ether oxygens (including phenoxy) is 1. The van der Waals surface area contributed by atoms with Crippen LogP contribution in [0.4, 0.5) is 0 Å². The summed E-state index contributed by atoms with van der Waals surface area (Å²) in [6.45, 7) is 16.0. The maximum absolute atomic E-state index is 11.7. The molecule has 0 heterocycles. The molecule has 132 valence electrons. The van der Waals surface area contributed by atoms with Gasteiger partial charge in [-0.1, -0.05) is 13.5 Å². The van der Waals surface area contributed by atoms with Crippen LogP contribution in [0.2, 0.25) is 0 Å². The molecule has 0 aromatic carbocycles. The lowest BCUT2D eigenvalue weighted by Crippen LogP contribution is -2.58. The zero-order valence-electron chi connectivity index (χ0n) is 14.8. The summed E-state index contributed by atoms with van der Waals surface area (Å²) >= 11 is 0. The quantitative estimate of drug-likeness (QED) is 0.375. The maximum atomic E-state index is 11.7. The fourth-order valence-corrected chi connectivity index (χ4v) is 4.41. The van der Waals surface area contributed by atoms with Gasteiger partial charge in [-0.25, -0.2) is 4.79 Å². The first-order valence-electron chi connectivity index (χ1n) is 7.77. The molecule has 1 unspecified atom stereocenters. The summed E-state index contributed by atoms with van der Waals surface area (Å²) in [5.41, 5.74) is -0.151. The van der Waals surface area contributed by atoms with E-state index in [1.807, 2.05) is 27.7 Å². The molecule has 0 fully saturated rings. The van der Waals surface area contributed by atoms with Crippen LogP contribution in [0.3, 0.4) is 0 Å². The molecule has 1 N–H and O–H groups in total. The molecule has 0 aromatic rings. The maximum Gasteiger partial charge on any atom is 0.544 e. The van der Waals surface area contributed by atoms with Crippen LogP contribution in [-0.2, 0) is 22.8 Å². The van der Waals surface area contributed by atoms with Crippen LogP contribution in [0.25, 0.3) is 0 Å². The van der Waals surface area contributed by atoms with Crippen LogP contribution in [0, 0.1) is 0 Å². The minimum absolute atomic E-state index is 0.250. The number of aliphatic hydroxyl groups is 1. The molecular formula is C15H32O6Si. The molecule has 22 heavy (non-hydrogen) atoms. The van der Waals surface area contributed by atoms with E-state index in [4.69, 9.17) is 23.1 Å². The van der Waals surface area contributed by atoms with Gasteiger partial charge < -0.3 is 23.1 Å². The standard InChI is InChI=1S/C13H26O5Si.C2H6O/c1-7-12(18-13(14)11(5)6)19(15-8-2,16-9-3)17-10-4;1-2-3/h12H,5,7-10H2,1-4,6H3;3H,2H2,1H3. The molecule has 0 aromatic heterocycles. The van der Waals surface area contributed by atoms with Gasteiger partial charge in [0.05, 0.1) is 0 Å². The number of hydrogen-bond acceptors (Lipinski definition) is 6. The highest BCUT2D eigenvalue weighted by molar-refractivity contribution is 6.62. The van der Waals surface area contributed by atoms with Gasteiger partial charge in [-0.15, -0.1) is 0 Å². The van der Waals surface area contributed by atoms with E-state index in [0.29, 0.717) is 31.8 Å². The van der Waals surface area contributed by atoms with Crippen molar-refractivity contribution in [1.29, 1.82) is 0 Å². The molecule has 7 heteroatoms. The van der Waals surface area contributed by atoms with Gasteiger partial charge in [-0.05, 0) is 41.0 Å². The fourth-order valence-electron chi connectivity index (χ4n) is 1.64. The van der Waals surface area contributed by atoms with E-state index >= 15 is 0 Å². The van der Waals surface area contributed by atoms with Crippen molar-refractivity contribution in [2.24, 2.45) is 0 Å². The molecule has 0 aliphatic heterocycles. The van der Waals surface area contributed by atoms with E-state index in [1.54, 1.807) is 13.8 Å². The molecule has 6 nitrogen and oxygen atoms in total. The predicted molar refractivity (Wildman–Crippen MR) is 88.4 cm³/mol. The molecule has 1 atom stereocenters. The molecule has 0 amide bonds. The first kappa shape index (κ1) is 23.5. The second kappa shape index (κ2) is 13.9. The third-order valence-electron chi connectivity index (χ3n) is 2.40. The van der Waals surface area contributed by atoms with Gasteiger partial charge >= 0.3 is 14.8 Å². The SMILES string of the molecule is C=C(C)C(=O)OC(CC)[Si](OCC)(OCC)OCC.CCO. The van der Waals surface area contributed by atoms with Crippen molar-refractivity contribution in [2.75, 3.05) is 26.4 Å². The predicted octanol–water partition coefficient (Wildman–Crippen LogP) is 2.47. The van der Waals surface area contributed by atoms with Crippen LogP contribution in [0.1, 0.15) is 48.0 Å². The number of carbonyl (C=O) groups is 1. The summed E-state index contributed by atoms with van der Waals surface area (Å²) in [7, 11) is -3.02. The van der Waals surface area contributed by atoms with Crippen molar-refractivity contribution in [3.05, 3.63) is 12.2 Å². The van der Waals surface area contributed by atoms with Gasteiger partial charge in [0.1, 0.15) is 0 Å². The lowest BCUT2D eigenvalue weighted by molar-refractivity contribution is -0.144. The lowest BCUT2D eigenvalue weighted by atomic mass is 10.4. The van der Waals surface area contributed by atoms with Crippen LogP contribution < -0.4 is 0 Å². The van der Waals surface area contributed by atoms with E-state index < -0.39 is 20.5 Å². The Morgan fingerprint density at radius 3 is 1.64 bits per heavy atom. The Morgan fingerprint density at radius 2 is 1.41 bits per heavy atom. The highest BCUT2D eigenvalue weighted by Gasteiger charge is 2.51. The number of rotatable bonds is 10. The zero-order valence-corrected chi connectivity index (χ0v) is 15.8. The minimum Gasteiger partial charge on any atom is -0.454 e. The van der Waals surface area contributed by atoms with Gasteiger partial charge in [0.15, 0.2) is 5.73 Å². The van der Waals surface area contributed by atoms with Crippen LogP contribution in [-0.4, -0.2) is 52.0 Å². The number of esters is 1. The normalized spacial score (nSPS) is 12.1.